The van der Waals surface area contributed by atoms with Crippen LogP contribution in [0.2, 0.25) is 0 Å². The van der Waals surface area contributed by atoms with E-state index < -0.39 is 0 Å². The van der Waals surface area contributed by atoms with Crippen LogP contribution in [0.5, 0.6) is 5.75 Å². The molecule has 2 aliphatic rings. The zero-order chi connectivity index (χ0) is 13.1. The van der Waals surface area contributed by atoms with E-state index in [2.05, 4.69) is 18.2 Å². The molecule has 1 fully saturated rings. The van der Waals surface area contributed by atoms with Crippen molar-refractivity contribution in [1.29, 1.82) is 0 Å². The maximum Gasteiger partial charge on any atom is 0.122 e. The number of ether oxygens (including phenoxy) is 1. The lowest BCUT2D eigenvalue weighted by Gasteiger charge is -2.20. The number of rotatable bonds is 4. The normalized spacial score (nSPS) is 20.9. The van der Waals surface area contributed by atoms with Crippen LogP contribution >= 0.6 is 11.6 Å². The van der Waals surface area contributed by atoms with Gasteiger partial charge in [0.1, 0.15) is 5.75 Å². The van der Waals surface area contributed by atoms with Gasteiger partial charge in [0.25, 0.3) is 0 Å². The van der Waals surface area contributed by atoms with Crippen LogP contribution in [0.1, 0.15) is 61.4 Å². The van der Waals surface area contributed by atoms with Crippen molar-refractivity contribution in [1.82, 2.24) is 0 Å². The van der Waals surface area contributed by atoms with Crippen molar-refractivity contribution in [2.75, 3.05) is 6.61 Å². The fourth-order valence-electron chi connectivity index (χ4n) is 3.42. The van der Waals surface area contributed by atoms with Crippen molar-refractivity contribution in [3.05, 3.63) is 29.3 Å². The minimum Gasteiger partial charge on any atom is -0.493 e. The summed E-state index contributed by atoms with van der Waals surface area (Å²) in [5.41, 5.74) is 2.62. The number of hydrogen-bond acceptors (Lipinski definition) is 1. The monoisotopic (exact) mass is 278 g/mol. The Morgan fingerprint density at radius 1 is 1.21 bits per heavy atom. The van der Waals surface area contributed by atoms with E-state index >= 15 is 0 Å². The van der Waals surface area contributed by atoms with Crippen molar-refractivity contribution in [2.24, 2.45) is 5.92 Å². The van der Waals surface area contributed by atoms with Gasteiger partial charge in [0.15, 0.2) is 0 Å². The van der Waals surface area contributed by atoms with Gasteiger partial charge in [0.2, 0.25) is 0 Å². The minimum absolute atomic E-state index is 0.174. The molecule has 0 N–H and O–H groups in total. The second-order valence-corrected chi connectivity index (χ2v) is 6.54. The van der Waals surface area contributed by atoms with Gasteiger partial charge in [-0.2, -0.15) is 0 Å². The van der Waals surface area contributed by atoms with Gasteiger partial charge in [0.05, 0.1) is 12.0 Å². The lowest BCUT2D eigenvalue weighted by atomic mass is 9.96. The van der Waals surface area contributed by atoms with Gasteiger partial charge in [-0.15, -0.1) is 11.6 Å². The van der Waals surface area contributed by atoms with Crippen molar-refractivity contribution in [3.8, 4) is 5.75 Å². The Balaban J connectivity index is 1.60. The molecule has 19 heavy (non-hydrogen) atoms. The molecule has 0 amide bonds. The van der Waals surface area contributed by atoms with Crippen LogP contribution in [0, 0.1) is 5.92 Å². The number of aryl methyl sites for hydroxylation is 1. The standard InChI is InChI=1S/C17H23ClO/c18-16(9-7-13-4-1-2-5-13)14-8-10-17-15(12-14)6-3-11-19-17/h8,10,12-13,16H,1-7,9,11H2. The molecule has 104 valence electrons. The van der Waals surface area contributed by atoms with E-state index in [-0.39, 0.29) is 5.38 Å². The van der Waals surface area contributed by atoms with Crippen LogP contribution in [-0.2, 0) is 6.42 Å². The average molecular weight is 279 g/mol. The van der Waals surface area contributed by atoms with Gasteiger partial charge in [-0.3, -0.25) is 0 Å². The molecule has 1 atom stereocenters. The third-order valence-corrected chi connectivity index (χ3v) is 5.07. The molecule has 1 aliphatic carbocycles. The topological polar surface area (TPSA) is 9.23 Å². The number of benzene rings is 1. The summed E-state index contributed by atoms with van der Waals surface area (Å²) >= 11 is 6.59. The molecule has 1 aromatic rings. The first-order valence-electron chi connectivity index (χ1n) is 7.72. The van der Waals surface area contributed by atoms with Gasteiger partial charge in [-0.1, -0.05) is 37.8 Å². The van der Waals surface area contributed by atoms with E-state index in [1.165, 1.54) is 43.2 Å². The van der Waals surface area contributed by atoms with Crippen LogP contribution in [0.3, 0.4) is 0 Å². The smallest absolute Gasteiger partial charge is 0.122 e. The zero-order valence-electron chi connectivity index (χ0n) is 11.5. The van der Waals surface area contributed by atoms with Crippen LogP contribution < -0.4 is 4.74 Å². The molecule has 1 nitrogen and oxygen atoms in total. The summed E-state index contributed by atoms with van der Waals surface area (Å²) in [6, 6.07) is 6.52. The molecule has 0 bridgehead atoms. The molecule has 0 radical (unpaired) electrons. The predicted molar refractivity (Wildman–Crippen MR) is 80.0 cm³/mol. The van der Waals surface area contributed by atoms with Crippen molar-refractivity contribution in [2.45, 2.75) is 56.7 Å². The molecule has 0 spiro atoms. The van der Waals surface area contributed by atoms with Gasteiger partial charge in [-0.25, -0.2) is 0 Å². The summed E-state index contributed by atoms with van der Waals surface area (Å²) in [4.78, 5) is 0. The van der Waals surface area contributed by atoms with Crippen LogP contribution in [-0.4, -0.2) is 6.61 Å². The third kappa shape index (κ3) is 3.25. The first kappa shape index (κ1) is 13.3. The molecule has 1 saturated carbocycles. The fourth-order valence-corrected chi connectivity index (χ4v) is 3.68. The number of alkyl halides is 1. The van der Waals surface area contributed by atoms with Gasteiger partial charge in [-0.05, 0) is 48.8 Å². The van der Waals surface area contributed by atoms with E-state index in [1.54, 1.807) is 0 Å². The second kappa shape index (κ2) is 6.17. The van der Waals surface area contributed by atoms with Gasteiger partial charge in [0, 0.05) is 0 Å². The molecule has 1 heterocycles. The molecule has 0 aromatic heterocycles. The molecular weight excluding hydrogens is 256 g/mol. The molecular formula is C17H23ClO. The Labute approximate surface area is 121 Å². The molecule has 0 saturated heterocycles. The van der Waals surface area contributed by atoms with Crippen LogP contribution in [0.4, 0.5) is 0 Å². The SMILES string of the molecule is ClC(CCC1CCCC1)c1ccc2c(c1)CCCO2. The highest BCUT2D eigenvalue weighted by atomic mass is 35.5. The summed E-state index contributed by atoms with van der Waals surface area (Å²) < 4.78 is 5.66. The predicted octanol–water partition coefficient (Wildman–Crippen LogP) is 5.26. The lowest BCUT2D eigenvalue weighted by Crippen LogP contribution is -2.09. The Morgan fingerprint density at radius 2 is 2.05 bits per heavy atom. The lowest BCUT2D eigenvalue weighted by molar-refractivity contribution is 0.288. The summed E-state index contributed by atoms with van der Waals surface area (Å²) in [6.45, 7) is 0.859. The van der Waals surface area contributed by atoms with Crippen molar-refractivity contribution < 1.29 is 4.74 Å². The maximum atomic E-state index is 6.59. The molecule has 2 heteroatoms. The Kier molecular flexibility index (Phi) is 4.32. The first-order valence-corrected chi connectivity index (χ1v) is 8.16. The van der Waals surface area contributed by atoms with Crippen molar-refractivity contribution in [3.63, 3.8) is 0 Å². The minimum atomic E-state index is 0.174. The highest BCUT2D eigenvalue weighted by molar-refractivity contribution is 6.20. The van der Waals surface area contributed by atoms with E-state index in [9.17, 15) is 0 Å². The van der Waals surface area contributed by atoms with Crippen LogP contribution in [0.15, 0.2) is 18.2 Å². The maximum absolute atomic E-state index is 6.59. The Bertz CT molecular complexity index is 423. The molecule has 1 aromatic carbocycles. The summed E-state index contributed by atoms with van der Waals surface area (Å²) in [5.74, 6) is 2.00. The van der Waals surface area contributed by atoms with Gasteiger partial charge >= 0.3 is 0 Å². The quantitative estimate of drug-likeness (QED) is 0.683. The number of halogens is 1. The van der Waals surface area contributed by atoms with Gasteiger partial charge < -0.3 is 4.74 Å². The zero-order valence-corrected chi connectivity index (χ0v) is 12.3. The Hall–Kier alpha value is -0.690. The van der Waals surface area contributed by atoms with E-state index in [0.717, 1.165) is 37.5 Å². The largest absolute Gasteiger partial charge is 0.493 e. The fraction of sp³-hybridized carbons (Fsp3) is 0.647. The highest BCUT2D eigenvalue weighted by Gasteiger charge is 2.18. The van der Waals surface area contributed by atoms with E-state index in [1.807, 2.05) is 0 Å². The summed E-state index contributed by atoms with van der Waals surface area (Å²) in [5, 5.41) is 0.174. The van der Waals surface area contributed by atoms with E-state index in [0.29, 0.717) is 0 Å². The Morgan fingerprint density at radius 3 is 2.89 bits per heavy atom. The summed E-state index contributed by atoms with van der Waals surface area (Å²) in [6.07, 6.45) is 10.4. The summed E-state index contributed by atoms with van der Waals surface area (Å²) in [7, 11) is 0. The number of fused-ring (bicyclic) bond motifs is 1. The second-order valence-electron chi connectivity index (χ2n) is 6.01. The third-order valence-electron chi connectivity index (χ3n) is 4.60. The van der Waals surface area contributed by atoms with Crippen LogP contribution in [0.25, 0.3) is 0 Å². The van der Waals surface area contributed by atoms with Crippen molar-refractivity contribution >= 4 is 11.6 Å². The number of hydrogen-bond donors (Lipinski definition) is 0. The molecule has 1 unspecified atom stereocenters. The molecule has 1 aliphatic heterocycles. The molecule has 3 rings (SSSR count). The average Bonchev–Trinajstić information content (AvgIpc) is 2.97. The first-order chi connectivity index (χ1) is 9.33. The van der Waals surface area contributed by atoms with E-state index in [4.69, 9.17) is 16.3 Å². The highest BCUT2D eigenvalue weighted by Crippen LogP contribution is 2.35.